The lowest BCUT2D eigenvalue weighted by Gasteiger charge is -2.35. The van der Waals surface area contributed by atoms with Crippen LogP contribution in [-0.4, -0.2) is 79.5 Å². The first-order valence-corrected chi connectivity index (χ1v) is 21.3. The van der Waals surface area contributed by atoms with Crippen molar-refractivity contribution in [3.63, 3.8) is 0 Å². The Morgan fingerprint density at radius 2 is 1.05 bits per heavy atom. The van der Waals surface area contributed by atoms with Crippen LogP contribution in [0.5, 0.6) is 46.0 Å². The Hall–Kier alpha value is -6.48. The highest BCUT2D eigenvalue weighted by atomic mass is 16.6. The average Bonchev–Trinajstić information content (AvgIpc) is 3.50. The van der Waals surface area contributed by atoms with E-state index in [1.165, 1.54) is 40.6 Å². The number of benzene rings is 2. The zero-order valence-corrected chi connectivity index (χ0v) is 38.7. The van der Waals surface area contributed by atoms with Crippen LogP contribution in [-0.2, 0) is 31.9 Å². The molecule has 4 aliphatic rings. The van der Waals surface area contributed by atoms with Gasteiger partial charge in [-0.05, 0) is 116 Å². The predicted octanol–water partition coefficient (Wildman–Crippen LogP) is 7.13. The monoisotopic (exact) mass is 896 g/mol. The van der Waals surface area contributed by atoms with Gasteiger partial charge in [-0.15, -0.1) is 0 Å². The van der Waals surface area contributed by atoms with Crippen molar-refractivity contribution < 1.29 is 62.1 Å². The third-order valence-electron chi connectivity index (χ3n) is 14.0. The summed E-state index contributed by atoms with van der Waals surface area (Å²) in [7, 11) is 12.1. The van der Waals surface area contributed by atoms with Crippen molar-refractivity contribution in [1.82, 2.24) is 0 Å². The number of carbonyl (C=O) groups is 2. The molecule has 65 heavy (non-hydrogen) atoms. The number of carbonyl (C=O) groups excluding carboxylic acids is 2. The highest BCUT2D eigenvalue weighted by molar-refractivity contribution is 5.94. The van der Waals surface area contributed by atoms with E-state index >= 15 is 0 Å². The number of methoxy groups -OCH3 is 8. The van der Waals surface area contributed by atoms with Crippen LogP contribution in [0.3, 0.4) is 0 Å². The van der Waals surface area contributed by atoms with Gasteiger partial charge in [0.1, 0.15) is 6.10 Å². The van der Waals surface area contributed by atoms with E-state index in [0.717, 1.165) is 16.7 Å². The smallest absolute Gasteiger partial charge is 0.351 e. The molecule has 1 saturated carbocycles. The SMILES string of the molecule is COc1cc2c(c(OC)c1OC)-c1ccc(OC)c(=O)cc1[C@@H](O)CC2.COc1cc2c(c(OC)c1OC)-c1ccc(OC)c(=O)cc1[C@@H](OC(=O)C13CCC(C)(C(=O)O1)C3(C)C)CC2. The van der Waals surface area contributed by atoms with E-state index in [9.17, 15) is 24.3 Å². The van der Waals surface area contributed by atoms with Gasteiger partial charge >= 0.3 is 11.9 Å². The quantitative estimate of drug-likeness (QED) is 0.159. The lowest BCUT2D eigenvalue weighted by molar-refractivity contribution is -0.187. The maximum Gasteiger partial charge on any atom is 0.351 e. The van der Waals surface area contributed by atoms with Gasteiger partial charge < -0.3 is 52.5 Å². The number of aliphatic hydroxyl groups excluding tert-OH is 1. The predicted molar refractivity (Wildman–Crippen MR) is 239 cm³/mol. The van der Waals surface area contributed by atoms with Crippen molar-refractivity contribution >= 4 is 11.9 Å². The molecule has 2 bridgehead atoms. The van der Waals surface area contributed by atoms with Crippen LogP contribution < -0.4 is 48.8 Å². The Bertz CT molecular complexity index is 2670. The van der Waals surface area contributed by atoms with Gasteiger partial charge in [-0.25, -0.2) is 4.79 Å². The minimum absolute atomic E-state index is 0.144. The summed E-state index contributed by atoms with van der Waals surface area (Å²) in [6, 6.07) is 13.4. The second-order valence-electron chi connectivity index (χ2n) is 17.1. The van der Waals surface area contributed by atoms with Gasteiger partial charge in [0.2, 0.25) is 28.0 Å². The Kier molecular flexibility index (Phi) is 12.8. The highest BCUT2D eigenvalue weighted by Gasteiger charge is 2.76. The van der Waals surface area contributed by atoms with Gasteiger partial charge in [0.15, 0.2) is 34.5 Å². The van der Waals surface area contributed by atoms with E-state index in [4.69, 9.17) is 47.4 Å². The fourth-order valence-electron chi connectivity index (χ4n) is 9.93. The molecule has 0 aromatic heterocycles. The molecule has 1 heterocycles. The molecule has 15 heteroatoms. The van der Waals surface area contributed by atoms with Crippen LogP contribution in [0.2, 0.25) is 0 Å². The van der Waals surface area contributed by atoms with E-state index in [0.29, 0.717) is 101 Å². The summed E-state index contributed by atoms with van der Waals surface area (Å²) in [5.41, 5.74) is 2.15. The topological polar surface area (TPSA) is 181 Å². The van der Waals surface area contributed by atoms with Crippen LogP contribution >= 0.6 is 0 Å². The second kappa shape index (κ2) is 17.8. The lowest BCUT2D eigenvalue weighted by atomic mass is 9.66. The lowest BCUT2D eigenvalue weighted by Crippen LogP contribution is -2.49. The number of ether oxygens (including phenoxy) is 10. The molecular formula is C50H56O15. The van der Waals surface area contributed by atoms with Crippen LogP contribution in [0.1, 0.15) is 80.9 Å². The van der Waals surface area contributed by atoms with E-state index in [1.807, 2.05) is 32.9 Å². The Morgan fingerprint density at radius 1 is 0.585 bits per heavy atom. The molecular weight excluding hydrogens is 841 g/mol. The normalized spacial score (nSPS) is 21.8. The summed E-state index contributed by atoms with van der Waals surface area (Å²) in [4.78, 5) is 52.2. The third-order valence-corrected chi connectivity index (χ3v) is 14.0. The van der Waals surface area contributed by atoms with Crippen LogP contribution in [0, 0.1) is 10.8 Å². The number of fused-ring (bicyclic) bond motifs is 8. The van der Waals surface area contributed by atoms with Gasteiger partial charge in [-0.3, -0.25) is 14.4 Å². The molecule has 4 aromatic carbocycles. The Balaban J connectivity index is 0.000000210. The fraction of sp³-hybridized carbons (Fsp3) is 0.440. The molecule has 4 atom stereocenters. The van der Waals surface area contributed by atoms with Crippen LogP contribution in [0.15, 0.2) is 58.1 Å². The summed E-state index contributed by atoms with van der Waals surface area (Å²) in [6.07, 6.45) is 1.29. The number of esters is 2. The van der Waals surface area contributed by atoms with Gasteiger partial charge in [-0.1, -0.05) is 19.9 Å². The molecule has 0 amide bonds. The van der Waals surface area contributed by atoms with Gasteiger partial charge in [0, 0.05) is 22.1 Å². The molecule has 2 fully saturated rings. The van der Waals surface area contributed by atoms with Gasteiger partial charge in [0.05, 0.1) is 68.4 Å². The van der Waals surface area contributed by atoms with Gasteiger partial charge in [0.25, 0.3) is 0 Å². The van der Waals surface area contributed by atoms with Crippen molar-refractivity contribution in [3.05, 3.63) is 91.2 Å². The molecule has 0 spiro atoms. The summed E-state index contributed by atoms with van der Waals surface area (Å²) in [5.74, 6) is 2.25. The minimum Gasteiger partial charge on any atom is -0.493 e. The maximum absolute atomic E-state index is 13.9. The van der Waals surface area contributed by atoms with Crippen LogP contribution in [0.4, 0.5) is 0 Å². The number of hydrogen-bond donors (Lipinski definition) is 1. The summed E-state index contributed by atoms with van der Waals surface area (Å²) >= 11 is 0. The molecule has 1 saturated heterocycles. The molecule has 3 aliphatic carbocycles. The summed E-state index contributed by atoms with van der Waals surface area (Å²) in [6.45, 7) is 5.61. The second-order valence-corrected chi connectivity index (χ2v) is 17.1. The number of aryl methyl sites for hydroxylation is 2. The number of rotatable bonds is 10. The standard InChI is InChI=1S/C30H34O9.C20H22O6/c1-28(2)29(3)12-13-30(28,39-26(29)32)27(33)38-20-10-8-16-14-22(35-5)24(36-6)25(37-7)23(16)17-9-11-21(34-4)19(31)15-18(17)20;1-23-16-8-6-12-13(10-15(16)22)14(21)7-5-11-9-17(24-2)19(25-3)20(26-4)18(11)12/h9,11,14-15,20H,8,10,12-13H2,1-7H3;6,8-10,14,21H,5,7H2,1-4H3/t20-,29?,30?;14-/m00/s1. The van der Waals surface area contributed by atoms with E-state index < -0.39 is 34.6 Å². The first kappa shape index (κ1) is 46.5. The van der Waals surface area contributed by atoms with Crippen LogP contribution in [0.25, 0.3) is 22.3 Å². The average molecular weight is 897 g/mol. The fourth-order valence-corrected chi connectivity index (χ4v) is 9.93. The van der Waals surface area contributed by atoms with Gasteiger partial charge in [-0.2, -0.15) is 0 Å². The van der Waals surface area contributed by atoms with Crippen molar-refractivity contribution in [2.45, 2.75) is 77.1 Å². The third kappa shape index (κ3) is 7.33. The Labute approximate surface area is 377 Å². The molecule has 1 N–H and O–H groups in total. The molecule has 346 valence electrons. The number of aliphatic hydroxyl groups is 1. The first-order valence-electron chi connectivity index (χ1n) is 21.3. The molecule has 2 unspecified atom stereocenters. The molecule has 15 nitrogen and oxygen atoms in total. The zero-order valence-electron chi connectivity index (χ0n) is 38.7. The van der Waals surface area contributed by atoms with E-state index in [1.54, 1.807) is 52.7 Å². The maximum atomic E-state index is 13.9. The first-order chi connectivity index (χ1) is 31.0. The van der Waals surface area contributed by atoms with E-state index in [2.05, 4.69) is 0 Å². The largest absolute Gasteiger partial charge is 0.493 e. The number of hydrogen-bond acceptors (Lipinski definition) is 15. The van der Waals surface area contributed by atoms with Crippen molar-refractivity contribution in [2.24, 2.45) is 10.8 Å². The summed E-state index contributed by atoms with van der Waals surface area (Å²) in [5, 5.41) is 10.6. The zero-order chi connectivity index (χ0) is 47.2. The van der Waals surface area contributed by atoms with Crippen molar-refractivity contribution in [3.8, 4) is 68.2 Å². The van der Waals surface area contributed by atoms with E-state index in [-0.39, 0.29) is 28.3 Å². The molecule has 0 radical (unpaired) electrons. The Morgan fingerprint density at radius 3 is 1.48 bits per heavy atom. The van der Waals surface area contributed by atoms with Crippen molar-refractivity contribution in [1.29, 1.82) is 0 Å². The minimum atomic E-state index is -1.39. The molecule has 8 rings (SSSR count). The highest BCUT2D eigenvalue weighted by Crippen LogP contribution is 2.66. The van der Waals surface area contributed by atoms with Crippen molar-refractivity contribution in [2.75, 3.05) is 56.9 Å². The summed E-state index contributed by atoms with van der Waals surface area (Å²) < 4.78 is 56.1. The molecule has 4 aromatic rings. The molecule has 1 aliphatic heterocycles.